The van der Waals surface area contributed by atoms with Crippen molar-refractivity contribution in [1.82, 2.24) is 9.97 Å². The summed E-state index contributed by atoms with van der Waals surface area (Å²) >= 11 is 0. The largest absolute Gasteiger partial charge is 0.388 e. The number of nitrogens with one attached hydrogen (secondary N) is 1. The third kappa shape index (κ3) is 1.46. The molecule has 12 heavy (non-hydrogen) atoms. The zero-order valence-electron chi connectivity index (χ0n) is 7.13. The minimum Gasteiger partial charge on any atom is -0.388 e. The lowest BCUT2D eigenvalue weighted by Gasteiger charge is -2.11. The van der Waals surface area contributed by atoms with E-state index in [4.69, 9.17) is 10.4 Å². The smallest absolute Gasteiger partial charge is 0.132 e. The quantitative estimate of drug-likeness (QED) is 0.677. The Morgan fingerprint density at radius 2 is 2.42 bits per heavy atom. The van der Waals surface area contributed by atoms with Crippen molar-refractivity contribution in [2.24, 2.45) is 0 Å². The van der Waals surface area contributed by atoms with Gasteiger partial charge < -0.3 is 10.1 Å². The van der Waals surface area contributed by atoms with Crippen LogP contribution in [0.5, 0.6) is 0 Å². The van der Waals surface area contributed by atoms with Gasteiger partial charge in [0.1, 0.15) is 12.4 Å². The Bertz CT molecular complexity index is 308. The summed E-state index contributed by atoms with van der Waals surface area (Å²) in [7, 11) is 0. The summed E-state index contributed by atoms with van der Waals surface area (Å²) < 4.78 is 0. The zero-order valence-corrected chi connectivity index (χ0v) is 7.13. The average molecular weight is 165 g/mol. The van der Waals surface area contributed by atoms with E-state index in [1.54, 1.807) is 20.0 Å². The molecule has 4 heteroatoms. The van der Waals surface area contributed by atoms with Gasteiger partial charge in [-0.2, -0.15) is 5.26 Å². The van der Waals surface area contributed by atoms with Crippen LogP contribution in [-0.2, 0) is 12.0 Å². The molecule has 64 valence electrons. The van der Waals surface area contributed by atoms with Crippen molar-refractivity contribution < 1.29 is 5.11 Å². The number of imidazole rings is 1. The highest BCUT2D eigenvalue weighted by atomic mass is 16.3. The highest BCUT2D eigenvalue weighted by Crippen LogP contribution is 2.19. The van der Waals surface area contributed by atoms with Crippen molar-refractivity contribution in [2.75, 3.05) is 0 Å². The van der Waals surface area contributed by atoms with Crippen LogP contribution in [0.2, 0.25) is 0 Å². The number of nitriles is 1. The Labute approximate surface area is 70.9 Å². The molecule has 0 aromatic carbocycles. The number of rotatable bonds is 2. The number of aromatic amines is 1. The molecule has 0 radical (unpaired) electrons. The maximum absolute atomic E-state index is 8.77. The van der Waals surface area contributed by atoms with Gasteiger partial charge in [-0.05, 0) is 13.8 Å². The van der Waals surface area contributed by atoms with E-state index in [0.29, 0.717) is 5.82 Å². The van der Waals surface area contributed by atoms with Gasteiger partial charge in [-0.3, -0.25) is 0 Å². The van der Waals surface area contributed by atoms with E-state index in [9.17, 15) is 0 Å². The fourth-order valence-corrected chi connectivity index (χ4v) is 0.821. The minimum absolute atomic E-state index is 0.124. The lowest BCUT2D eigenvalue weighted by molar-refractivity contribution is 0.272. The summed E-state index contributed by atoms with van der Waals surface area (Å²) in [4.78, 5) is 6.76. The second-order valence-electron chi connectivity index (χ2n) is 3.14. The summed E-state index contributed by atoms with van der Waals surface area (Å²) in [6, 6.07) is 2.14. The molecule has 2 N–H and O–H groups in total. The molecule has 0 aliphatic carbocycles. The van der Waals surface area contributed by atoms with Crippen molar-refractivity contribution in [3.63, 3.8) is 0 Å². The molecule has 0 atom stereocenters. The van der Waals surface area contributed by atoms with Gasteiger partial charge in [0.2, 0.25) is 0 Å². The Morgan fingerprint density at radius 1 is 1.75 bits per heavy atom. The molecule has 4 nitrogen and oxygen atoms in total. The Balaban J connectivity index is 2.98. The first-order chi connectivity index (χ1) is 5.60. The van der Waals surface area contributed by atoms with Gasteiger partial charge in [0.25, 0.3) is 0 Å². The molecule has 0 saturated heterocycles. The molecule has 0 saturated carbocycles. The highest BCUT2D eigenvalue weighted by molar-refractivity contribution is 5.21. The maximum Gasteiger partial charge on any atom is 0.132 e. The molecule has 1 heterocycles. The molecule has 0 spiro atoms. The van der Waals surface area contributed by atoms with Crippen LogP contribution >= 0.6 is 0 Å². The van der Waals surface area contributed by atoms with Crippen molar-refractivity contribution in [2.45, 2.75) is 25.9 Å². The highest BCUT2D eigenvalue weighted by Gasteiger charge is 2.21. The van der Waals surface area contributed by atoms with E-state index in [2.05, 4.69) is 16.0 Å². The molecule has 0 amide bonds. The fraction of sp³-hybridized carbons (Fsp3) is 0.500. The van der Waals surface area contributed by atoms with Crippen molar-refractivity contribution >= 4 is 0 Å². The SMILES string of the molecule is CC(C)(C#N)c1cnc(CO)[nH]1. The number of hydrogen-bond acceptors (Lipinski definition) is 3. The van der Waals surface area contributed by atoms with E-state index in [1.165, 1.54) is 0 Å². The summed E-state index contributed by atoms with van der Waals surface area (Å²) in [5, 5.41) is 17.5. The molecule has 0 unspecified atom stereocenters. The first-order valence-electron chi connectivity index (χ1n) is 3.66. The van der Waals surface area contributed by atoms with Gasteiger partial charge in [-0.15, -0.1) is 0 Å². The van der Waals surface area contributed by atoms with Gasteiger partial charge >= 0.3 is 0 Å². The second kappa shape index (κ2) is 2.95. The van der Waals surface area contributed by atoms with Crippen molar-refractivity contribution in [3.8, 4) is 6.07 Å². The fourth-order valence-electron chi connectivity index (χ4n) is 0.821. The molecule has 0 bridgehead atoms. The van der Waals surface area contributed by atoms with Gasteiger partial charge in [0.15, 0.2) is 0 Å². The van der Waals surface area contributed by atoms with E-state index in [0.717, 1.165) is 5.69 Å². The molecule has 1 rings (SSSR count). The van der Waals surface area contributed by atoms with Crippen LogP contribution in [0.1, 0.15) is 25.4 Å². The Kier molecular flexibility index (Phi) is 2.15. The summed E-state index contributed by atoms with van der Waals surface area (Å²) in [6.07, 6.45) is 1.58. The number of aliphatic hydroxyl groups excluding tert-OH is 1. The molecule has 1 aromatic heterocycles. The summed E-state index contributed by atoms with van der Waals surface area (Å²) in [5.74, 6) is 0.494. The van der Waals surface area contributed by atoms with Gasteiger partial charge in [0.05, 0.1) is 17.2 Å². The second-order valence-corrected chi connectivity index (χ2v) is 3.14. The molecule has 0 aliphatic rings. The molecule has 0 fully saturated rings. The van der Waals surface area contributed by atoms with Crippen molar-refractivity contribution in [3.05, 3.63) is 17.7 Å². The monoisotopic (exact) mass is 165 g/mol. The van der Waals surface area contributed by atoms with Gasteiger partial charge in [-0.1, -0.05) is 0 Å². The minimum atomic E-state index is -0.569. The lowest BCUT2D eigenvalue weighted by atomic mass is 9.92. The summed E-state index contributed by atoms with van der Waals surface area (Å²) in [5.41, 5.74) is 0.162. The van der Waals surface area contributed by atoms with E-state index < -0.39 is 5.41 Å². The number of H-pyrrole nitrogens is 1. The van der Waals surface area contributed by atoms with E-state index in [1.807, 2.05) is 0 Å². The van der Waals surface area contributed by atoms with Crippen LogP contribution in [0.15, 0.2) is 6.20 Å². The predicted molar refractivity (Wildman–Crippen MR) is 43.1 cm³/mol. The third-order valence-corrected chi connectivity index (χ3v) is 1.73. The number of hydrogen-bond donors (Lipinski definition) is 2. The third-order valence-electron chi connectivity index (χ3n) is 1.73. The van der Waals surface area contributed by atoms with Crippen LogP contribution < -0.4 is 0 Å². The first kappa shape index (κ1) is 8.75. The molecular weight excluding hydrogens is 154 g/mol. The topological polar surface area (TPSA) is 72.7 Å². The molecule has 0 aliphatic heterocycles. The zero-order chi connectivity index (χ0) is 9.19. The average Bonchev–Trinajstić information content (AvgIpc) is 2.52. The van der Waals surface area contributed by atoms with Crippen molar-refractivity contribution in [1.29, 1.82) is 5.26 Å². The molecule has 1 aromatic rings. The maximum atomic E-state index is 8.77. The Hall–Kier alpha value is -1.34. The predicted octanol–water partition coefficient (Wildman–Crippen LogP) is 0.703. The normalized spacial score (nSPS) is 11.2. The summed E-state index contributed by atoms with van der Waals surface area (Å²) in [6.45, 7) is 3.46. The van der Waals surface area contributed by atoms with Crippen LogP contribution in [0.25, 0.3) is 0 Å². The standard InChI is InChI=1S/C8H11N3O/c1-8(2,5-9)6-3-10-7(4-12)11-6/h3,12H,4H2,1-2H3,(H,10,11). The van der Waals surface area contributed by atoms with Gasteiger partial charge in [0, 0.05) is 6.20 Å². The van der Waals surface area contributed by atoms with Crippen LogP contribution in [0.4, 0.5) is 0 Å². The number of aromatic nitrogens is 2. The number of nitrogens with zero attached hydrogens (tertiary/aromatic N) is 2. The lowest BCUT2D eigenvalue weighted by Crippen LogP contribution is -2.14. The van der Waals surface area contributed by atoms with Gasteiger partial charge in [-0.25, -0.2) is 4.98 Å². The first-order valence-corrected chi connectivity index (χ1v) is 3.66. The van der Waals surface area contributed by atoms with Crippen LogP contribution in [0.3, 0.4) is 0 Å². The van der Waals surface area contributed by atoms with E-state index >= 15 is 0 Å². The Morgan fingerprint density at radius 3 is 2.83 bits per heavy atom. The van der Waals surface area contributed by atoms with Crippen LogP contribution in [0, 0.1) is 11.3 Å². The number of aliphatic hydroxyl groups is 1. The molecular formula is C8H11N3O. The van der Waals surface area contributed by atoms with Crippen LogP contribution in [-0.4, -0.2) is 15.1 Å². The van der Waals surface area contributed by atoms with E-state index in [-0.39, 0.29) is 6.61 Å².